The van der Waals surface area contributed by atoms with Gasteiger partial charge < -0.3 is 19.4 Å². The Hall–Kier alpha value is -2.12. The zero-order valence-electron chi connectivity index (χ0n) is 12.5. The molecule has 3 rings (SSSR count). The maximum atomic E-state index is 12.5. The molecule has 0 radical (unpaired) electrons. The van der Waals surface area contributed by atoms with Crippen molar-refractivity contribution in [1.82, 2.24) is 14.7 Å². The van der Waals surface area contributed by atoms with E-state index in [0.717, 1.165) is 6.42 Å². The first-order valence-corrected chi connectivity index (χ1v) is 7.48. The van der Waals surface area contributed by atoms with E-state index in [1.807, 2.05) is 0 Å². The number of rotatable bonds is 3. The number of carbonyl (C=O) groups excluding carboxylic acids is 4. The fraction of sp³-hybridized carbons (Fsp3) is 0.714. The van der Waals surface area contributed by atoms with Crippen molar-refractivity contribution in [3.8, 4) is 0 Å². The van der Waals surface area contributed by atoms with Gasteiger partial charge in [-0.15, -0.1) is 0 Å². The average Bonchev–Trinajstić information content (AvgIpc) is 3.12. The van der Waals surface area contributed by atoms with Gasteiger partial charge in [-0.2, -0.15) is 0 Å². The second-order valence-corrected chi connectivity index (χ2v) is 5.85. The number of hydrogen-bond donors (Lipinski definition) is 0. The summed E-state index contributed by atoms with van der Waals surface area (Å²) in [4.78, 5) is 52.8. The molecule has 0 saturated carbocycles. The molecule has 22 heavy (non-hydrogen) atoms. The quantitative estimate of drug-likeness (QED) is 0.598. The largest absolute Gasteiger partial charge is 0.468 e. The number of likely N-dealkylation sites (tertiary alicyclic amines) is 1. The smallest absolute Gasteiger partial charge is 0.325 e. The maximum absolute atomic E-state index is 12.5. The van der Waals surface area contributed by atoms with Crippen LogP contribution in [-0.4, -0.2) is 83.8 Å². The summed E-state index contributed by atoms with van der Waals surface area (Å²) in [6, 6.07) is -1.05. The van der Waals surface area contributed by atoms with E-state index in [-0.39, 0.29) is 30.8 Å². The summed E-state index contributed by atoms with van der Waals surface area (Å²) in [6.45, 7) is 0.857. The topological polar surface area (TPSA) is 87.2 Å². The van der Waals surface area contributed by atoms with Crippen LogP contribution < -0.4 is 0 Å². The van der Waals surface area contributed by atoms with Crippen LogP contribution in [0.25, 0.3) is 0 Å². The molecule has 2 atom stereocenters. The highest BCUT2D eigenvalue weighted by Gasteiger charge is 2.48. The molecule has 8 heteroatoms. The molecular formula is C14H19N3O5. The van der Waals surface area contributed by atoms with E-state index < -0.39 is 18.1 Å². The fourth-order valence-electron chi connectivity index (χ4n) is 3.48. The van der Waals surface area contributed by atoms with Crippen molar-refractivity contribution in [3.63, 3.8) is 0 Å². The molecule has 3 aliphatic heterocycles. The van der Waals surface area contributed by atoms with Crippen LogP contribution in [-0.2, 0) is 23.9 Å². The molecule has 0 aromatic heterocycles. The Morgan fingerprint density at radius 3 is 2.55 bits per heavy atom. The molecule has 3 heterocycles. The van der Waals surface area contributed by atoms with Crippen molar-refractivity contribution < 1.29 is 23.9 Å². The number of ether oxygens (including phenoxy) is 1. The number of methoxy groups -OCH3 is 1. The van der Waals surface area contributed by atoms with Gasteiger partial charge in [0.1, 0.15) is 25.2 Å². The van der Waals surface area contributed by atoms with Crippen LogP contribution in [0.15, 0.2) is 0 Å². The Bertz CT molecular complexity index is 535. The molecule has 3 amide bonds. The van der Waals surface area contributed by atoms with Crippen molar-refractivity contribution in [2.45, 2.75) is 31.3 Å². The Morgan fingerprint density at radius 1 is 1.09 bits per heavy atom. The van der Waals surface area contributed by atoms with Crippen LogP contribution in [0.3, 0.4) is 0 Å². The molecule has 8 nitrogen and oxygen atoms in total. The lowest BCUT2D eigenvalue weighted by molar-refractivity contribution is -0.158. The first-order valence-electron chi connectivity index (χ1n) is 7.48. The highest BCUT2D eigenvalue weighted by atomic mass is 16.5. The second kappa shape index (κ2) is 5.58. The van der Waals surface area contributed by atoms with E-state index >= 15 is 0 Å². The van der Waals surface area contributed by atoms with Crippen LogP contribution in [0.2, 0.25) is 0 Å². The highest BCUT2D eigenvalue weighted by Crippen LogP contribution is 2.27. The first kappa shape index (κ1) is 14.8. The van der Waals surface area contributed by atoms with Gasteiger partial charge in [0.15, 0.2) is 0 Å². The van der Waals surface area contributed by atoms with Gasteiger partial charge in [-0.25, -0.2) is 0 Å². The number of carbonyl (C=O) groups is 4. The number of esters is 1. The van der Waals surface area contributed by atoms with Gasteiger partial charge in [-0.3, -0.25) is 19.2 Å². The Morgan fingerprint density at radius 2 is 1.82 bits per heavy atom. The lowest BCUT2D eigenvalue weighted by atomic mass is 10.1. The zero-order valence-corrected chi connectivity index (χ0v) is 12.5. The summed E-state index contributed by atoms with van der Waals surface area (Å²) < 4.78 is 4.56. The number of amides is 3. The third-order valence-corrected chi connectivity index (χ3v) is 4.64. The summed E-state index contributed by atoms with van der Waals surface area (Å²) in [6.07, 6.45) is 1.93. The van der Waals surface area contributed by atoms with Crippen LogP contribution >= 0.6 is 0 Å². The lowest BCUT2D eigenvalue weighted by Gasteiger charge is -2.38. The first-order chi connectivity index (χ1) is 10.5. The van der Waals surface area contributed by atoms with Gasteiger partial charge in [0.2, 0.25) is 17.7 Å². The SMILES string of the molecule is COC(=O)CN1CC[C@@H](N2CC(=O)N3CCC[C@H]3C2=O)C1=O. The molecule has 0 unspecified atom stereocenters. The monoisotopic (exact) mass is 309 g/mol. The average molecular weight is 309 g/mol. The molecule has 120 valence electrons. The fourth-order valence-corrected chi connectivity index (χ4v) is 3.48. The van der Waals surface area contributed by atoms with E-state index in [1.54, 1.807) is 4.90 Å². The number of hydrogen-bond acceptors (Lipinski definition) is 5. The van der Waals surface area contributed by atoms with Crippen LogP contribution in [0, 0.1) is 0 Å². The van der Waals surface area contributed by atoms with Gasteiger partial charge in [0, 0.05) is 13.1 Å². The molecule has 3 fully saturated rings. The Labute approximate surface area is 128 Å². The third kappa shape index (κ3) is 2.32. The number of fused-ring (bicyclic) bond motifs is 1. The molecule has 0 N–H and O–H groups in total. The zero-order chi connectivity index (χ0) is 15.9. The normalized spacial score (nSPS) is 28.4. The van der Waals surface area contributed by atoms with Gasteiger partial charge in [0.25, 0.3) is 0 Å². The third-order valence-electron chi connectivity index (χ3n) is 4.64. The van der Waals surface area contributed by atoms with E-state index in [9.17, 15) is 19.2 Å². The minimum Gasteiger partial charge on any atom is -0.468 e. The number of piperazine rings is 1. The summed E-state index contributed by atoms with van der Waals surface area (Å²) in [7, 11) is 1.27. The summed E-state index contributed by atoms with van der Waals surface area (Å²) in [5.41, 5.74) is 0. The summed E-state index contributed by atoms with van der Waals surface area (Å²) >= 11 is 0. The van der Waals surface area contributed by atoms with Crippen molar-refractivity contribution in [1.29, 1.82) is 0 Å². The molecule has 3 saturated heterocycles. The molecule has 0 aromatic carbocycles. The van der Waals surface area contributed by atoms with Crippen molar-refractivity contribution in [3.05, 3.63) is 0 Å². The standard InChI is InChI=1S/C14H19N3O5/c1-22-12(19)8-15-6-4-10(13(15)20)17-7-11(18)16-5-2-3-9(16)14(17)21/h9-10H,2-8H2,1H3/t9-,10+/m0/s1. The van der Waals surface area contributed by atoms with Crippen molar-refractivity contribution >= 4 is 23.7 Å². The van der Waals surface area contributed by atoms with Crippen LogP contribution in [0.5, 0.6) is 0 Å². The van der Waals surface area contributed by atoms with Crippen molar-refractivity contribution in [2.24, 2.45) is 0 Å². The van der Waals surface area contributed by atoms with E-state index in [0.29, 0.717) is 25.9 Å². The highest BCUT2D eigenvalue weighted by molar-refractivity contribution is 5.99. The van der Waals surface area contributed by atoms with Gasteiger partial charge in [-0.1, -0.05) is 0 Å². The van der Waals surface area contributed by atoms with Gasteiger partial charge in [0.05, 0.1) is 7.11 Å². The summed E-state index contributed by atoms with van der Waals surface area (Å²) in [5, 5.41) is 0. The van der Waals surface area contributed by atoms with E-state index in [4.69, 9.17) is 0 Å². The predicted octanol–water partition coefficient (Wildman–Crippen LogP) is -1.41. The van der Waals surface area contributed by atoms with Crippen LogP contribution in [0.1, 0.15) is 19.3 Å². The Kier molecular flexibility index (Phi) is 3.76. The molecule has 0 aliphatic carbocycles. The van der Waals surface area contributed by atoms with Crippen LogP contribution in [0.4, 0.5) is 0 Å². The minimum absolute atomic E-state index is 0.0438. The second-order valence-electron chi connectivity index (χ2n) is 5.85. The van der Waals surface area contributed by atoms with E-state index in [1.165, 1.54) is 16.9 Å². The predicted molar refractivity (Wildman–Crippen MR) is 73.4 cm³/mol. The van der Waals surface area contributed by atoms with Crippen molar-refractivity contribution in [2.75, 3.05) is 33.3 Å². The van der Waals surface area contributed by atoms with Gasteiger partial charge >= 0.3 is 5.97 Å². The maximum Gasteiger partial charge on any atom is 0.325 e. The van der Waals surface area contributed by atoms with E-state index in [2.05, 4.69) is 4.74 Å². The Balaban J connectivity index is 1.72. The summed E-state index contributed by atoms with van der Waals surface area (Å²) in [5.74, 6) is -1.01. The minimum atomic E-state index is -0.635. The molecule has 0 bridgehead atoms. The lowest BCUT2D eigenvalue weighted by Crippen LogP contribution is -2.61. The number of nitrogens with zero attached hydrogens (tertiary/aromatic N) is 3. The molecule has 0 spiro atoms. The van der Waals surface area contributed by atoms with Gasteiger partial charge in [-0.05, 0) is 19.3 Å². The molecule has 0 aromatic rings. The molecule has 3 aliphatic rings. The molecular weight excluding hydrogens is 290 g/mol.